The van der Waals surface area contributed by atoms with Crippen LogP contribution in [0, 0.1) is 5.92 Å². The summed E-state index contributed by atoms with van der Waals surface area (Å²) in [6.07, 6.45) is 9.35. The Balaban J connectivity index is 1.77. The molecule has 1 saturated carbocycles. The van der Waals surface area contributed by atoms with Gasteiger partial charge >= 0.3 is 0 Å². The fourth-order valence-corrected chi connectivity index (χ4v) is 3.79. The van der Waals surface area contributed by atoms with Crippen LogP contribution in [-0.4, -0.2) is 29.4 Å². The first kappa shape index (κ1) is 22.0. The molecule has 0 bridgehead atoms. The molecule has 3 N–H and O–H groups in total. The molecular formula is C23H34N2O3. The van der Waals surface area contributed by atoms with Crippen LogP contribution in [0.5, 0.6) is 5.75 Å². The predicted molar refractivity (Wildman–Crippen MR) is 112 cm³/mol. The second kappa shape index (κ2) is 11.5. The smallest absolute Gasteiger partial charge is 0.242 e. The van der Waals surface area contributed by atoms with Crippen LogP contribution in [0.4, 0.5) is 0 Å². The lowest BCUT2D eigenvalue weighted by Crippen LogP contribution is -2.45. The summed E-state index contributed by atoms with van der Waals surface area (Å²) in [6.45, 7) is 6.06. The van der Waals surface area contributed by atoms with Gasteiger partial charge in [-0.1, -0.05) is 50.8 Å². The lowest BCUT2D eigenvalue weighted by atomic mass is 9.86. The number of phenols is 1. The van der Waals surface area contributed by atoms with Gasteiger partial charge in [0.25, 0.3) is 0 Å². The third-order valence-electron chi connectivity index (χ3n) is 5.41. The summed E-state index contributed by atoms with van der Waals surface area (Å²) in [5.74, 6) is 0.794. The Hall–Kier alpha value is -2.30. The standard InChI is InChI=1S/C23H34N2O3/c1-17(8-9-19-6-4-3-5-7-19)25-22(16-18(2)26)23(28)24-15-14-20-10-12-21(27)13-11-20/h10-13,19,22,25,27H,1,3-9,14-16H2,2H3,(H,24,28)/t22-/m1/s1. The first-order chi connectivity index (χ1) is 13.4. The zero-order chi connectivity index (χ0) is 20.4. The van der Waals surface area contributed by atoms with Crippen molar-refractivity contribution < 1.29 is 14.7 Å². The molecule has 0 spiro atoms. The van der Waals surface area contributed by atoms with Crippen molar-refractivity contribution in [1.82, 2.24) is 10.6 Å². The number of allylic oxidation sites excluding steroid dienone is 1. The molecule has 0 heterocycles. The summed E-state index contributed by atoms with van der Waals surface area (Å²) in [5.41, 5.74) is 1.87. The molecule has 1 aromatic rings. The summed E-state index contributed by atoms with van der Waals surface area (Å²) in [7, 11) is 0. The minimum Gasteiger partial charge on any atom is -0.508 e. The Morgan fingerprint density at radius 1 is 1.18 bits per heavy atom. The number of aromatic hydroxyl groups is 1. The second-order valence-corrected chi connectivity index (χ2v) is 7.96. The number of Topliss-reactive ketones (excluding diaryl/α,β-unsaturated/α-hetero) is 1. The number of rotatable bonds is 11. The molecule has 154 valence electrons. The summed E-state index contributed by atoms with van der Waals surface area (Å²) < 4.78 is 0. The molecule has 0 saturated heterocycles. The van der Waals surface area contributed by atoms with Gasteiger partial charge in [-0.3, -0.25) is 9.59 Å². The fraction of sp³-hybridized carbons (Fsp3) is 0.565. The van der Waals surface area contributed by atoms with Crippen molar-refractivity contribution in [1.29, 1.82) is 0 Å². The number of carbonyl (C=O) groups is 2. The van der Waals surface area contributed by atoms with Crippen LogP contribution in [0.2, 0.25) is 0 Å². The van der Waals surface area contributed by atoms with E-state index in [1.165, 1.54) is 39.0 Å². The number of hydrogen-bond acceptors (Lipinski definition) is 4. The number of hydrogen-bond donors (Lipinski definition) is 3. The Kier molecular flexibility index (Phi) is 9.05. The largest absolute Gasteiger partial charge is 0.508 e. The third kappa shape index (κ3) is 8.15. The van der Waals surface area contributed by atoms with E-state index in [0.717, 1.165) is 30.0 Å². The molecule has 1 aromatic carbocycles. The highest BCUT2D eigenvalue weighted by molar-refractivity contribution is 5.88. The molecule has 1 fully saturated rings. The average Bonchev–Trinajstić information content (AvgIpc) is 2.68. The maximum atomic E-state index is 12.6. The van der Waals surface area contributed by atoms with E-state index >= 15 is 0 Å². The maximum absolute atomic E-state index is 12.6. The molecule has 0 radical (unpaired) electrons. The van der Waals surface area contributed by atoms with Crippen LogP contribution in [-0.2, 0) is 16.0 Å². The third-order valence-corrected chi connectivity index (χ3v) is 5.41. The molecule has 1 amide bonds. The van der Waals surface area contributed by atoms with E-state index < -0.39 is 6.04 Å². The van der Waals surface area contributed by atoms with Crippen LogP contribution in [0.1, 0.15) is 63.9 Å². The Labute approximate surface area is 168 Å². The van der Waals surface area contributed by atoms with E-state index in [-0.39, 0.29) is 23.9 Å². The SMILES string of the molecule is C=C(CCC1CCCCC1)N[C@H](CC(C)=O)C(=O)NCCc1ccc(O)cc1. The maximum Gasteiger partial charge on any atom is 0.242 e. The van der Waals surface area contributed by atoms with Gasteiger partial charge in [0.2, 0.25) is 5.91 Å². The lowest BCUT2D eigenvalue weighted by Gasteiger charge is -2.24. The molecule has 5 heteroatoms. The highest BCUT2D eigenvalue weighted by atomic mass is 16.3. The summed E-state index contributed by atoms with van der Waals surface area (Å²) in [4.78, 5) is 24.2. The van der Waals surface area contributed by atoms with Crippen LogP contribution in [0.3, 0.4) is 0 Å². The summed E-state index contributed by atoms with van der Waals surface area (Å²) in [6, 6.07) is 6.36. The van der Waals surface area contributed by atoms with E-state index in [2.05, 4.69) is 17.2 Å². The van der Waals surface area contributed by atoms with E-state index in [9.17, 15) is 14.7 Å². The van der Waals surface area contributed by atoms with Gasteiger partial charge in [0.05, 0.1) is 0 Å². The lowest BCUT2D eigenvalue weighted by molar-refractivity contribution is -0.126. The van der Waals surface area contributed by atoms with Crippen LogP contribution in [0.15, 0.2) is 36.5 Å². The number of benzene rings is 1. The molecule has 1 aliphatic rings. The zero-order valence-corrected chi connectivity index (χ0v) is 17.0. The van der Waals surface area contributed by atoms with E-state index in [1.54, 1.807) is 12.1 Å². The molecule has 28 heavy (non-hydrogen) atoms. The van der Waals surface area contributed by atoms with Crippen molar-refractivity contribution in [3.05, 3.63) is 42.1 Å². The van der Waals surface area contributed by atoms with Crippen molar-refractivity contribution in [3.8, 4) is 5.75 Å². The molecule has 1 aliphatic carbocycles. The number of amides is 1. The minimum absolute atomic E-state index is 0.0220. The van der Waals surface area contributed by atoms with Crippen molar-refractivity contribution >= 4 is 11.7 Å². The highest BCUT2D eigenvalue weighted by Gasteiger charge is 2.21. The van der Waals surface area contributed by atoms with Crippen molar-refractivity contribution in [2.45, 2.75) is 70.8 Å². The normalized spacial score (nSPS) is 15.6. The van der Waals surface area contributed by atoms with Gasteiger partial charge in [0.1, 0.15) is 17.6 Å². The quantitative estimate of drug-likeness (QED) is 0.540. The number of nitrogens with one attached hydrogen (secondary N) is 2. The Bertz CT molecular complexity index is 648. The number of ketones is 1. The van der Waals surface area contributed by atoms with Crippen LogP contribution in [0.25, 0.3) is 0 Å². The highest BCUT2D eigenvalue weighted by Crippen LogP contribution is 2.28. The van der Waals surface area contributed by atoms with Crippen molar-refractivity contribution in [3.63, 3.8) is 0 Å². The fourth-order valence-electron chi connectivity index (χ4n) is 3.79. The van der Waals surface area contributed by atoms with E-state index in [4.69, 9.17) is 0 Å². The van der Waals surface area contributed by atoms with Crippen molar-refractivity contribution in [2.24, 2.45) is 5.92 Å². The zero-order valence-electron chi connectivity index (χ0n) is 17.0. The van der Waals surface area contributed by atoms with Crippen LogP contribution < -0.4 is 10.6 Å². The Morgan fingerprint density at radius 3 is 2.50 bits per heavy atom. The van der Waals surface area contributed by atoms with Gasteiger partial charge in [0, 0.05) is 18.7 Å². The number of carbonyl (C=O) groups excluding carboxylic acids is 2. The van der Waals surface area contributed by atoms with E-state index in [1.807, 2.05) is 12.1 Å². The molecule has 0 unspecified atom stereocenters. The van der Waals surface area contributed by atoms with Gasteiger partial charge in [-0.2, -0.15) is 0 Å². The summed E-state index contributed by atoms with van der Waals surface area (Å²) in [5, 5.41) is 15.4. The molecule has 2 rings (SSSR count). The van der Waals surface area contributed by atoms with Gasteiger partial charge in [-0.25, -0.2) is 0 Å². The Morgan fingerprint density at radius 2 is 1.86 bits per heavy atom. The van der Waals surface area contributed by atoms with Gasteiger partial charge in [0.15, 0.2) is 0 Å². The summed E-state index contributed by atoms with van der Waals surface area (Å²) >= 11 is 0. The monoisotopic (exact) mass is 386 g/mol. The predicted octanol–water partition coefficient (Wildman–Crippen LogP) is 3.86. The van der Waals surface area contributed by atoms with Crippen LogP contribution >= 0.6 is 0 Å². The van der Waals surface area contributed by atoms with Gasteiger partial charge < -0.3 is 15.7 Å². The van der Waals surface area contributed by atoms with Gasteiger partial charge in [-0.15, -0.1) is 0 Å². The minimum atomic E-state index is -0.573. The first-order valence-electron chi connectivity index (χ1n) is 10.4. The second-order valence-electron chi connectivity index (χ2n) is 7.96. The average molecular weight is 387 g/mol. The molecule has 5 nitrogen and oxygen atoms in total. The molecular weight excluding hydrogens is 352 g/mol. The molecule has 0 aromatic heterocycles. The number of phenolic OH excluding ortho intramolecular Hbond substituents is 1. The van der Waals surface area contributed by atoms with Gasteiger partial charge in [-0.05, 0) is 49.8 Å². The molecule has 0 aliphatic heterocycles. The first-order valence-corrected chi connectivity index (χ1v) is 10.4. The van der Waals surface area contributed by atoms with Crippen molar-refractivity contribution in [2.75, 3.05) is 6.54 Å². The molecule has 1 atom stereocenters. The van der Waals surface area contributed by atoms with E-state index in [0.29, 0.717) is 13.0 Å². The topological polar surface area (TPSA) is 78.4 Å².